The second-order valence-electron chi connectivity index (χ2n) is 6.21. The van der Waals surface area contributed by atoms with E-state index in [0.29, 0.717) is 12.1 Å². The molecule has 0 radical (unpaired) electrons. The molecule has 0 fully saturated rings. The lowest BCUT2D eigenvalue weighted by atomic mass is 10.1. The average Bonchev–Trinajstić information content (AvgIpc) is 3.12. The Balaban J connectivity index is 2.21. The summed E-state index contributed by atoms with van der Waals surface area (Å²) >= 11 is 0. The van der Waals surface area contributed by atoms with Crippen LogP contribution >= 0.6 is 0 Å². The van der Waals surface area contributed by atoms with Gasteiger partial charge in [0.1, 0.15) is 5.76 Å². The Hall–Kier alpha value is -2.12. The monoisotopic (exact) mass is 378 g/mol. The highest BCUT2D eigenvalue weighted by Gasteiger charge is 2.22. The van der Waals surface area contributed by atoms with Crippen molar-refractivity contribution in [1.82, 2.24) is 10.2 Å². The number of nitrogens with zero attached hydrogens (tertiary/aromatic N) is 1. The van der Waals surface area contributed by atoms with Crippen LogP contribution in [0, 0.1) is 6.92 Å². The molecule has 6 nitrogen and oxygen atoms in total. The van der Waals surface area contributed by atoms with Crippen molar-refractivity contribution in [2.24, 2.45) is 0 Å². The molecule has 0 aliphatic carbocycles. The Morgan fingerprint density at radius 3 is 2.46 bits per heavy atom. The molecule has 7 heteroatoms. The Morgan fingerprint density at radius 1 is 1.23 bits per heavy atom. The van der Waals surface area contributed by atoms with E-state index >= 15 is 0 Å². The molecule has 2 aromatic rings. The van der Waals surface area contributed by atoms with Crippen molar-refractivity contribution in [2.45, 2.75) is 31.7 Å². The van der Waals surface area contributed by atoms with Gasteiger partial charge in [0.2, 0.25) is 0 Å². The first-order chi connectivity index (χ1) is 12.3. The molecular formula is C19H26N2O4S. The van der Waals surface area contributed by atoms with E-state index in [1.807, 2.05) is 12.1 Å². The van der Waals surface area contributed by atoms with Crippen LogP contribution < -0.4 is 5.32 Å². The zero-order valence-electron chi connectivity index (χ0n) is 15.7. The standard InChI is InChI=1S/C19H26N2O4S/c1-5-21(6-2)17(18-8-7-11-25-18)13-20-19(22)16-12-15(26(4,23)24)10-9-14(16)3/h7-12,17H,5-6,13H2,1-4H3,(H,20,22). The molecule has 0 bridgehead atoms. The van der Waals surface area contributed by atoms with Crippen molar-refractivity contribution in [3.05, 3.63) is 53.5 Å². The van der Waals surface area contributed by atoms with E-state index in [-0.39, 0.29) is 16.8 Å². The molecule has 1 unspecified atom stereocenters. The van der Waals surface area contributed by atoms with Gasteiger partial charge in [0.15, 0.2) is 9.84 Å². The number of hydrogen-bond donors (Lipinski definition) is 1. The molecule has 26 heavy (non-hydrogen) atoms. The molecule has 1 aromatic carbocycles. The predicted octanol–water partition coefficient (Wildman–Crippen LogP) is 2.80. The third-order valence-electron chi connectivity index (χ3n) is 4.46. The molecule has 0 spiro atoms. The summed E-state index contributed by atoms with van der Waals surface area (Å²) in [6.07, 6.45) is 2.75. The minimum atomic E-state index is -3.37. The van der Waals surface area contributed by atoms with E-state index in [9.17, 15) is 13.2 Å². The number of benzene rings is 1. The van der Waals surface area contributed by atoms with Gasteiger partial charge in [-0.25, -0.2) is 8.42 Å². The fourth-order valence-corrected chi connectivity index (χ4v) is 3.56. The van der Waals surface area contributed by atoms with Gasteiger partial charge in [-0.15, -0.1) is 0 Å². The number of rotatable bonds is 8. The third-order valence-corrected chi connectivity index (χ3v) is 5.57. The molecule has 0 saturated heterocycles. The number of carbonyl (C=O) groups is 1. The SMILES string of the molecule is CCN(CC)C(CNC(=O)c1cc(S(C)(=O)=O)ccc1C)c1ccco1. The number of amides is 1. The number of furan rings is 1. The summed E-state index contributed by atoms with van der Waals surface area (Å²) < 4.78 is 29.0. The van der Waals surface area contributed by atoms with Gasteiger partial charge in [0.05, 0.1) is 17.2 Å². The van der Waals surface area contributed by atoms with Crippen LogP contribution in [0.3, 0.4) is 0 Å². The molecule has 142 valence electrons. The van der Waals surface area contributed by atoms with Crippen molar-refractivity contribution >= 4 is 15.7 Å². The summed E-state index contributed by atoms with van der Waals surface area (Å²) in [5.74, 6) is 0.493. The molecule has 2 rings (SSSR count). The lowest BCUT2D eigenvalue weighted by Crippen LogP contribution is -2.38. The summed E-state index contributed by atoms with van der Waals surface area (Å²) in [6, 6.07) is 8.24. The molecule has 0 aliphatic heterocycles. The third kappa shape index (κ3) is 4.74. The second kappa shape index (κ2) is 8.51. The Bertz CT molecular complexity index is 840. The van der Waals surface area contributed by atoms with Crippen LogP contribution in [0.5, 0.6) is 0 Å². The molecule has 1 heterocycles. The smallest absolute Gasteiger partial charge is 0.251 e. The van der Waals surface area contributed by atoms with E-state index in [1.54, 1.807) is 19.3 Å². The van der Waals surface area contributed by atoms with Crippen LogP contribution in [0.4, 0.5) is 0 Å². The number of hydrogen-bond acceptors (Lipinski definition) is 5. The Kier molecular flexibility index (Phi) is 6.61. The first-order valence-corrected chi connectivity index (χ1v) is 10.5. The second-order valence-corrected chi connectivity index (χ2v) is 8.23. The Labute approximate surface area is 155 Å². The maximum atomic E-state index is 12.7. The van der Waals surface area contributed by atoms with Crippen LogP contribution in [-0.2, 0) is 9.84 Å². The van der Waals surface area contributed by atoms with Gasteiger partial charge in [-0.05, 0) is 49.8 Å². The van der Waals surface area contributed by atoms with Crippen molar-refractivity contribution in [1.29, 1.82) is 0 Å². The van der Waals surface area contributed by atoms with Gasteiger partial charge in [-0.2, -0.15) is 0 Å². The Morgan fingerprint density at radius 2 is 1.92 bits per heavy atom. The molecule has 1 N–H and O–H groups in total. The fourth-order valence-electron chi connectivity index (χ4n) is 2.92. The summed E-state index contributed by atoms with van der Waals surface area (Å²) in [4.78, 5) is 15.0. The quantitative estimate of drug-likeness (QED) is 0.764. The zero-order valence-corrected chi connectivity index (χ0v) is 16.5. The van der Waals surface area contributed by atoms with Crippen LogP contribution in [0.15, 0.2) is 45.9 Å². The summed E-state index contributed by atoms with van der Waals surface area (Å²) in [5.41, 5.74) is 1.10. The van der Waals surface area contributed by atoms with Crippen LogP contribution in [0.25, 0.3) is 0 Å². The summed E-state index contributed by atoms with van der Waals surface area (Å²) in [7, 11) is -3.37. The van der Waals surface area contributed by atoms with Crippen LogP contribution in [-0.4, -0.2) is 45.1 Å². The molecule has 1 aromatic heterocycles. The van der Waals surface area contributed by atoms with Crippen LogP contribution in [0.2, 0.25) is 0 Å². The zero-order chi connectivity index (χ0) is 19.3. The largest absolute Gasteiger partial charge is 0.468 e. The first kappa shape index (κ1) is 20.2. The van der Waals surface area contributed by atoms with Crippen LogP contribution in [0.1, 0.15) is 41.6 Å². The topological polar surface area (TPSA) is 79.6 Å². The van der Waals surface area contributed by atoms with Crippen molar-refractivity contribution in [3.63, 3.8) is 0 Å². The predicted molar refractivity (Wildman–Crippen MR) is 101 cm³/mol. The number of likely N-dealkylation sites (N-methyl/N-ethyl adjacent to an activating group) is 1. The molecule has 0 saturated carbocycles. The fraction of sp³-hybridized carbons (Fsp3) is 0.421. The van der Waals surface area contributed by atoms with Gasteiger partial charge >= 0.3 is 0 Å². The van der Waals surface area contributed by atoms with E-state index in [1.165, 1.54) is 12.1 Å². The highest BCUT2D eigenvalue weighted by Crippen LogP contribution is 2.21. The maximum absolute atomic E-state index is 12.7. The highest BCUT2D eigenvalue weighted by molar-refractivity contribution is 7.90. The highest BCUT2D eigenvalue weighted by atomic mass is 32.2. The number of sulfone groups is 1. The lowest BCUT2D eigenvalue weighted by Gasteiger charge is -2.28. The molecular weight excluding hydrogens is 352 g/mol. The number of nitrogens with one attached hydrogen (secondary N) is 1. The number of aryl methyl sites for hydroxylation is 1. The van der Waals surface area contributed by atoms with E-state index < -0.39 is 9.84 Å². The molecule has 1 atom stereocenters. The maximum Gasteiger partial charge on any atom is 0.251 e. The van der Waals surface area contributed by atoms with Gasteiger partial charge in [0.25, 0.3) is 5.91 Å². The van der Waals surface area contributed by atoms with Crippen molar-refractivity contribution < 1.29 is 17.6 Å². The van der Waals surface area contributed by atoms with Gasteiger partial charge in [-0.3, -0.25) is 9.69 Å². The van der Waals surface area contributed by atoms with Crippen molar-refractivity contribution in [3.8, 4) is 0 Å². The van der Waals surface area contributed by atoms with Gasteiger partial charge in [-0.1, -0.05) is 19.9 Å². The van der Waals surface area contributed by atoms with E-state index in [0.717, 1.165) is 30.7 Å². The first-order valence-electron chi connectivity index (χ1n) is 8.64. The van der Waals surface area contributed by atoms with Gasteiger partial charge in [0, 0.05) is 18.4 Å². The summed E-state index contributed by atoms with van der Waals surface area (Å²) in [5, 5.41) is 2.92. The van der Waals surface area contributed by atoms with E-state index in [4.69, 9.17) is 4.42 Å². The van der Waals surface area contributed by atoms with E-state index in [2.05, 4.69) is 24.1 Å². The average molecular weight is 378 g/mol. The lowest BCUT2D eigenvalue weighted by molar-refractivity contribution is 0.0929. The minimum Gasteiger partial charge on any atom is -0.468 e. The number of carbonyl (C=O) groups excluding carboxylic acids is 1. The molecule has 1 amide bonds. The summed E-state index contributed by atoms with van der Waals surface area (Å²) in [6.45, 7) is 7.91. The normalized spacial score (nSPS) is 13.0. The molecule has 0 aliphatic rings. The van der Waals surface area contributed by atoms with Gasteiger partial charge < -0.3 is 9.73 Å². The minimum absolute atomic E-state index is 0.0812. The van der Waals surface area contributed by atoms with Crippen molar-refractivity contribution in [2.75, 3.05) is 25.9 Å².